The molecule has 1 N–H and O–H groups in total. The minimum absolute atomic E-state index is 0.162. The van der Waals surface area contributed by atoms with Crippen LogP contribution >= 0.6 is 11.6 Å². The zero-order valence-corrected chi connectivity index (χ0v) is 13.8. The lowest BCUT2D eigenvalue weighted by Crippen LogP contribution is -2.43. The number of hydrogen-bond donors (Lipinski definition) is 1. The fourth-order valence-electron chi connectivity index (χ4n) is 2.42. The second-order valence-electron chi connectivity index (χ2n) is 6.93. The Morgan fingerprint density at radius 3 is 2.26 bits per heavy atom. The van der Waals surface area contributed by atoms with Gasteiger partial charge in [-0.05, 0) is 50.7 Å². The summed E-state index contributed by atoms with van der Waals surface area (Å²) in [5.74, 6) is 0. The molecule has 1 atom stereocenters. The average molecular weight is 282 g/mol. The highest BCUT2D eigenvalue weighted by molar-refractivity contribution is 6.31. The highest BCUT2D eigenvalue weighted by atomic mass is 35.5. The molecular formula is C17H28ClN. The predicted molar refractivity (Wildman–Crippen MR) is 85.9 cm³/mol. The lowest BCUT2D eigenvalue weighted by atomic mass is 9.79. The van der Waals surface area contributed by atoms with E-state index in [1.807, 2.05) is 12.1 Å². The van der Waals surface area contributed by atoms with E-state index in [-0.39, 0.29) is 11.0 Å². The van der Waals surface area contributed by atoms with Gasteiger partial charge in [0.05, 0.1) is 0 Å². The van der Waals surface area contributed by atoms with Crippen molar-refractivity contribution in [3.8, 4) is 0 Å². The zero-order valence-electron chi connectivity index (χ0n) is 13.0. The van der Waals surface area contributed by atoms with Crippen molar-refractivity contribution in [1.82, 2.24) is 5.32 Å². The fourth-order valence-corrected chi connectivity index (χ4v) is 2.63. The van der Waals surface area contributed by atoms with Gasteiger partial charge in [0.2, 0.25) is 0 Å². The van der Waals surface area contributed by atoms with Crippen molar-refractivity contribution in [2.45, 2.75) is 59.4 Å². The van der Waals surface area contributed by atoms with Gasteiger partial charge in [0.25, 0.3) is 0 Å². The van der Waals surface area contributed by atoms with Crippen LogP contribution in [0.2, 0.25) is 5.02 Å². The average Bonchev–Trinajstić information content (AvgIpc) is 2.29. The summed E-state index contributed by atoms with van der Waals surface area (Å²) in [6.45, 7) is 12.3. The molecule has 1 unspecified atom stereocenters. The number of benzene rings is 1. The van der Waals surface area contributed by atoms with E-state index in [0.29, 0.717) is 0 Å². The van der Waals surface area contributed by atoms with Gasteiger partial charge in [-0.15, -0.1) is 0 Å². The van der Waals surface area contributed by atoms with E-state index in [2.05, 4.69) is 52.1 Å². The largest absolute Gasteiger partial charge is 0.312 e. The van der Waals surface area contributed by atoms with E-state index >= 15 is 0 Å². The van der Waals surface area contributed by atoms with Gasteiger partial charge in [-0.2, -0.15) is 0 Å². The van der Waals surface area contributed by atoms with Gasteiger partial charge < -0.3 is 5.32 Å². The molecule has 0 amide bonds. The molecule has 0 heterocycles. The number of hydrogen-bond acceptors (Lipinski definition) is 1. The Bertz CT molecular complexity index is 394. The first-order chi connectivity index (χ1) is 8.76. The van der Waals surface area contributed by atoms with Crippen molar-refractivity contribution in [2.75, 3.05) is 6.54 Å². The second-order valence-corrected chi connectivity index (χ2v) is 7.34. The maximum Gasteiger partial charge on any atom is 0.0438 e. The first kappa shape index (κ1) is 16.5. The Balaban J connectivity index is 2.79. The van der Waals surface area contributed by atoms with Crippen molar-refractivity contribution in [3.63, 3.8) is 0 Å². The standard InChI is InChI=1S/C17H28ClN/c1-6-11-17(5,13-19-16(2,3)4)12-14-9-7-8-10-15(14)18/h7-10,19H,6,11-13H2,1-5H3. The highest BCUT2D eigenvalue weighted by Crippen LogP contribution is 2.31. The summed E-state index contributed by atoms with van der Waals surface area (Å²) in [7, 11) is 0. The van der Waals surface area contributed by atoms with Gasteiger partial charge in [-0.25, -0.2) is 0 Å². The van der Waals surface area contributed by atoms with Crippen LogP contribution in [0.5, 0.6) is 0 Å². The maximum absolute atomic E-state index is 6.30. The minimum atomic E-state index is 0.162. The van der Waals surface area contributed by atoms with Crippen molar-refractivity contribution in [2.24, 2.45) is 5.41 Å². The third-order valence-corrected chi connectivity index (χ3v) is 3.84. The Hall–Kier alpha value is -0.530. The third kappa shape index (κ3) is 5.97. The van der Waals surface area contributed by atoms with E-state index in [1.165, 1.54) is 18.4 Å². The van der Waals surface area contributed by atoms with Crippen molar-refractivity contribution >= 4 is 11.6 Å². The van der Waals surface area contributed by atoms with Crippen molar-refractivity contribution in [3.05, 3.63) is 34.9 Å². The van der Waals surface area contributed by atoms with Crippen LogP contribution in [0.4, 0.5) is 0 Å². The molecule has 0 aromatic heterocycles. The topological polar surface area (TPSA) is 12.0 Å². The van der Waals surface area contributed by atoms with E-state index in [0.717, 1.165) is 18.0 Å². The van der Waals surface area contributed by atoms with Gasteiger partial charge in [0, 0.05) is 17.1 Å². The van der Waals surface area contributed by atoms with E-state index in [9.17, 15) is 0 Å². The molecular weight excluding hydrogens is 254 g/mol. The van der Waals surface area contributed by atoms with Crippen LogP contribution < -0.4 is 5.32 Å². The monoisotopic (exact) mass is 281 g/mol. The summed E-state index contributed by atoms with van der Waals surface area (Å²) < 4.78 is 0. The lowest BCUT2D eigenvalue weighted by Gasteiger charge is -2.34. The summed E-state index contributed by atoms with van der Waals surface area (Å²) in [6, 6.07) is 8.20. The van der Waals surface area contributed by atoms with Crippen LogP contribution in [0, 0.1) is 5.41 Å². The van der Waals surface area contributed by atoms with Crippen LogP contribution in [0.15, 0.2) is 24.3 Å². The Labute approximate surface area is 123 Å². The third-order valence-electron chi connectivity index (χ3n) is 3.47. The fraction of sp³-hybridized carbons (Fsp3) is 0.647. The van der Waals surface area contributed by atoms with Crippen molar-refractivity contribution < 1.29 is 0 Å². The number of halogens is 1. The van der Waals surface area contributed by atoms with Crippen LogP contribution in [-0.4, -0.2) is 12.1 Å². The highest BCUT2D eigenvalue weighted by Gasteiger charge is 2.26. The van der Waals surface area contributed by atoms with Crippen LogP contribution in [0.1, 0.15) is 53.0 Å². The normalized spacial score (nSPS) is 15.3. The van der Waals surface area contributed by atoms with Gasteiger partial charge in [-0.3, -0.25) is 0 Å². The Morgan fingerprint density at radius 1 is 1.11 bits per heavy atom. The van der Waals surface area contributed by atoms with Gasteiger partial charge in [0.1, 0.15) is 0 Å². The van der Waals surface area contributed by atoms with Crippen molar-refractivity contribution in [1.29, 1.82) is 0 Å². The minimum Gasteiger partial charge on any atom is -0.312 e. The molecule has 0 aliphatic carbocycles. The molecule has 1 aromatic carbocycles. The summed E-state index contributed by atoms with van der Waals surface area (Å²) in [6.07, 6.45) is 3.44. The molecule has 0 saturated carbocycles. The quantitative estimate of drug-likeness (QED) is 0.767. The molecule has 1 aromatic rings. The predicted octanol–water partition coefficient (Wildman–Crippen LogP) is 5.08. The lowest BCUT2D eigenvalue weighted by molar-refractivity contribution is 0.244. The molecule has 0 fully saturated rings. The molecule has 0 spiro atoms. The molecule has 1 nitrogen and oxygen atoms in total. The van der Waals surface area contributed by atoms with Gasteiger partial charge in [-0.1, -0.05) is 50.1 Å². The SMILES string of the molecule is CCCC(C)(CNC(C)(C)C)Cc1ccccc1Cl. The van der Waals surface area contributed by atoms with E-state index in [4.69, 9.17) is 11.6 Å². The number of nitrogens with one attached hydrogen (secondary N) is 1. The smallest absolute Gasteiger partial charge is 0.0438 e. The molecule has 0 bridgehead atoms. The first-order valence-corrected chi connectivity index (χ1v) is 7.62. The first-order valence-electron chi connectivity index (χ1n) is 7.24. The molecule has 2 heteroatoms. The van der Waals surface area contributed by atoms with Gasteiger partial charge in [0.15, 0.2) is 0 Å². The molecule has 0 aliphatic rings. The summed E-state index contributed by atoms with van der Waals surface area (Å²) in [4.78, 5) is 0. The summed E-state index contributed by atoms with van der Waals surface area (Å²) in [5.41, 5.74) is 1.68. The van der Waals surface area contributed by atoms with Gasteiger partial charge >= 0.3 is 0 Å². The Kier molecular flexibility index (Phi) is 5.88. The van der Waals surface area contributed by atoms with Crippen LogP contribution in [0.25, 0.3) is 0 Å². The molecule has 0 aliphatic heterocycles. The molecule has 0 saturated heterocycles. The molecule has 19 heavy (non-hydrogen) atoms. The Morgan fingerprint density at radius 2 is 1.74 bits per heavy atom. The maximum atomic E-state index is 6.30. The molecule has 108 valence electrons. The van der Waals surface area contributed by atoms with Crippen LogP contribution in [-0.2, 0) is 6.42 Å². The van der Waals surface area contributed by atoms with E-state index < -0.39 is 0 Å². The number of rotatable bonds is 6. The molecule has 1 rings (SSSR count). The zero-order chi connectivity index (χ0) is 14.5. The molecule has 0 radical (unpaired) electrons. The van der Waals surface area contributed by atoms with Crippen LogP contribution in [0.3, 0.4) is 0 Å². The second kappa shape index (κ2) is 6.76. The van der Waals surface area contributed by atoms with E-state index in [1.54, 1.807) is 0 Å². The summed E-state index contributed by atoms with van der Waals surface area (Å²) in [5, 5.41) is 4.53. The summed E-state index contributed by atoms with van der Waals surface area (Å²) >= 11 is 6.30.